The normalized spacial score (nSPS) is 14.5. The number of thioether (sulfide) groups is 1. The molecule has 7 nitrogen and oxygen atoms in total. The molecule has 192 valence electrons. The van der Waals surface area contributed by atoms with Crippen LogP contribution in [0.25, 0.3) is 0 Å². The van der Waals surface area contributed by atoms with Gasteiger partial charge in [0.15, 0.2) is 5.78 Å². The molecule has 0 bridgehead atoms. The number of hydrogen-bond donors (Lipinski definition) is 3. The van der Waals surface area contributed by atoms with Gasteiger partial charge in [-0.05, 0) is 73.4 Å². The standard InChI is InChI=1S/C29H33N5O2S/c1-2-3-4-11-27(36)30-20-8-6-9-21(17-20)31-28-24-18-37-15-14-25(24)33-29(34-28)32-22-12-13-23-19(16-22)7-5-10-26(23)35/h6,8-9,12-13,16-17H,2-5,7,10-11,14-15,18H2,1H3,(H,30,36)(H2,31,32,33,34). The van der Waals surface area contributed by atoms with Gasteiger partial charge in [-0.25, -0.2) is 4.98 Å². The van der Waals surface area contributed by atoms with Crippen molar-refractivity contribution in [2.75, 3.05) is 21.7 Å². The zero-order valence-corrected chi connectivity index (χ0v) is 22.0. The van der Waals surface area contributed by atoms with Gasteiger partial charge in [0, 0.05) is 46.8 Å². The Bertz CT molecular complexity index is 1310. The Kier molecular flexibility index (Phi) is 8.04. The van der Waals surface area contributed by atoms with Crippen molar-refractivity contribution >= 4 is 52.3 Å². The van der Waals surface area contributed by atoms with E-state index >= 15 is 0 Å². The van der Waals surface area contributed by atoms with E-state index in [1.54, 1.807) is 0 Å². The highest BCUT2D eigenvalue weighted by Crippen LogP contribution is 2.33. The summed E-state index contributed by atoms with van der Waals surface area (Å²) >= 11 is 1.88. The summed E-state index contributed by atoms with van der Waals surface area (Å²) in [7, 11) is 0. The van der Waals surface area contributed by atoms with Gasteiger partial charge in [-0.3, -0.25) is 9.59 Å². The van der Waals surface area contributed by atoms with Crippen LogP contribution in [-0.2, 0) is 23.4 Å². The predicted octanol–water partition coefficient (Wildman–Crippen LogP) is 6.79. The monoisotopic (exact) mass is 515 g/mol. The van der Waals surface area contributed by atoms with Crippen LogP contribution in [0.5, 0.6) is 0 Å². The topological polar surface area (TPSA) is 96.0 Å². The van der Waals surface area contributed by atoms with E-state index in [2.05, 4.69) is 22.9 Å². The van der Waals surface area contributed by atoms with Crippen molar-refractivity contribution in [3.63, 3.8) is 0 Å². The van der Waals surface area contributed by atoms with Gasteiger partial charge in [0.05, 0.1) is 5.69 Å². The maximum absolute atomic E-state index is 12.3. The number of ketones is 1. The van der Waals surface area contributed by atoms with Gasteiger partial charge in [-0.15, -0.1) is 0 Å². The number of nitrogens with zero attached hydrogens (tertiary/aromatic N) is 2. The van der Waals surface area contributed by atoms with Gasteiger partial charge in [0.1, 0.15) is 5.82 Å². The first-order valence-electron chi connectivity index (χ1n) is 13.2. The Hall–Kier alpha value is -3.39. The SMILES string of the molecule is CCCCCC(=O)Nc1cccc(Nc2nc(Nc3ccc4c(c3)CCCC4=O)nc3c2CSCC3)c1. The van der Waals surface area contributed by atoms with Crippen LogP contribution in [-0.4, -0.2) is 27.4 Å². The van der Waals surface area contributed by atoms with Gasteiger partial charge >= 0.3 is 0 Å². The van der Waals surface area contributed by atoms with E-state index in [0.717, 1.165) is 95.3 Å². The van der Waals surface area contributed by atoms with Gasteiger partial charge in [0.25, 0.3) is 0 Å². The molecule has 2 aliphatic rings. The second kappa shape index (κ2) is 11.8. The number of nitrogens with one attached hydrogen (secondary N) is 3. The fourth-order valence-electron chi connectivity index (χ4n) is 4.82. The van der Waals surface area contributed by atoms with Crippen LogP contribution in [0.1, 0.15) is 72.6 Å². The molecule has 1 aliphatic heterocycles. The second-order valence-electron chi connectivity index (χ2n) is 9.61. The molecular formula is C29H33N5O2S. The summed E-state index contributed by atoms with van der Waals surface area (Å²) in [4.78, 5) is 34.2. The molecule has 0 atom stereocenters. The van der Waals surface area contributed by atoms with E-state index in [4.69, 9.17) is 9.97 Å². The molecule has 5 rings (SSSR count). The summed E-state index contributed by atoms with van der Waals surface area (Å²) < 4.78 is 0. The third-order valence-electron chi connectivity index (χ3n) is 6.75. The molecule has 0 saturated heterocycles. The third kappa shape index (κ3) is 6.31. The van der Waals surface area contributed by atoms with E-state index in [-0.39, 0.29) is 11.7 Å². The molecule has 0 saturated carbocycles. The summed E-state index contributed by atoms with van der Waals surface area (Å²) in [5.74, 6) is 3.46. The second-order valence-corrected chi connectivity index (χ2v) is 10.7. The van der Waals surface area contributed by atoms with Crippen LogP contribution in [0, 0.1) is 0 Å². The molecule has 37 heavy (non-hydrogen) atoms. The summed E-state index contributed by atoms with van der Waals surface area (Å²) in [5.41, 5.74) is 6.60. The number of aryl methyl sites for hydroxylation is 2. The molecule has 3 N–H and O–H groups in total. The molecule has 8 heteroatoms. The molecule has 1 amide bonds. The predicted molar refractivity (Wildman–Crippen MR) is 151 cm³/mol. The highest BCUT2D eigenvalue weighted by molar-refractivity contribution is 7.98. The van der Waals surface area contributed by atoms with Crippen molar-refractivity contribution in [3.05, 3.63) is 64.8 Å². The lowest BCUT2D eigenvalue weighted by molar-refractivity contribution is -0.116. The molecule has 0 fully saturated rings. The highest BCUT2D eigenvalue weighted by atomic mass is 32.2. The number of rotatable bonds is 9. The first-order chi connectivity index (χ1) is 18.1. The van der Waals surface area contributed by atoms with Crippen molar-refractivity contribution in [3.8, 4) is 0 Å². The number of fused-ring (bicyclic) bond motifs is 2. The quantitative estimate of drug-likeness (QED) is 0.270. The Labute approximate surface area is 222 Å². The van der Waals surface area contributed by atoms with Crippen LogP contribution >= 0.6 is 11.8 Å². The first kappa shape index (κ1) is 25.3. The number of unbranched alkanes of at least 4 members (excludes halogenated alkanes) is 2. The number of aromatic nitrogens is 2. The van der Waals surface area contributed by atoms with Crippen LogP contribution in [0.3, 0.4) is 0 Å². The number of amides is 1. The van der Waals surface area contributed by atoms with E-state index in [0.29, 0.717) is 18.8 Å². The molecule has 0 unspecified atom stereocenters. The zero-order valence-electron chi connectivity index (χ0n) is 21.2. The summed E-state index contributed by atoms with van der Waals surface area (Å²) in [6, 6.07) is 13.6. The Morgan fingerprint density at radius 2 is 1.84 bits per heavy atom. The maximum atomic E-state index is 12.3. The van der Waals surface area contributed by atoms with Crippen molar-refractivity contribution in [2.45, 2.75) is 64.0 Å². The van der Waals surface area contributed by atoms with Crippen molar-refractivity contribution in [1.82, 2.24) is 9.97 Å². The van der Waals surface area contributed by atoms with Gasteiger partial charge in [0.2, 0.25) is 11.9 Å². The smallest absolute Gasteiger partial charge is 0.229 e. The van der Waals surface area contributed by atoms with E-state index in [1.165, 1.54) is 0 Å². The van der Waals surface area contributed by atoms with Crippen LogP contribution < -0.4 is 16.0 Å². The average Bonchev–Trinajstić information content (AvgIpc) is 2.89. The van der Waals surface area contributed by atoms with Gasteiger partial charge in [-0.1, -0.05) is 25.8 Å². The molecule has 2 heterocycles. The van der Waals surface area contributed by atoms with Crippen molar-refractivity contribution in [2.24, 2.45) is 0 Å². The summed E-state index contributed by atoms with van der Waals surface area (Å²) in [5, 5.41) is 9.86. The zero-order chi connectivity index (χ0) is 25.6. The first-order valence-corrected chi connectivity index (χ1v) is 14.3. The average molecular weight is 516 g/mol. The third-order valence-corrected chi connectivity index (χ3v) is 7.74. The molecule has 2 aromatic carbocycles. The lowest BCUT2D eigenvalue weighted by Crippen LogP contribution is -2.14. The number of hydrogen-bond acceptors (Lipinski definition) is 7. The summed E-state index contributed by atoms with van der Waals surface area (Å²) in [6.45, 7) is 2.13. The van der Waals surface area contributed by atoms with Crippen molar-refractivity contribution in [1.29, 1.82) is 0 Å². The van der Waals surface area contributed by atoms with Crippen molar-refractivity contribution < 1.29 is 9.59 Å². The van der Waals surface area contributed by atoms with E-state index in [9.17, 15) is 9.59 Å². The number of Topliss-reactive ketones (excluding diaryl/α,β-unsaturated/α-hetero) is 1. The minimum Gasteiger partial charge on any atom is -0.340 e. The van der Waals surface area contributed by atoms with Gasteiger partial charge < -0.3 is 16.0 Å². The Morgan fingerprint density at radius 3 is 2.73 bits per heavy atom. The summed E-state index contributed by atoms with van der Waals surface area (Å²) in [6.07, 6.45) is 6.92. The molecule has 0 radical (unpaired) electrons. The number of anilines is 5. The van der Waals surface area contributed by atoms with Crippen LogP contribution in [0.2, 0.25) is 0 Å². The molecule has 3 aromatic rings. The molecule has 0 spiro atoms. The van der Waals surface area contributed by atoms with E-state index < -0.39 is 0 Å². The fraction of sp³-hybridized carbons (Fsp3) is 0.379. The minimum absolute atomic E-state index is 0.0413. The number of carbonyl (C=O) groups is 2. The minimum atomic E-state index is 0.0413. The molecular weight excluding hydrogens is 482 g/mol. The largest absolute Gasteiger partial charge is 0.340 e. The lowest BCUT2D eigenvalue weighted by atomic mass is 9.90. The Morgan fingerprint density at radius 1 is 0.973 bits per heavy atom. The number of carbonyl (C=O) groups excluding carboxylic acids is 2. The lowest BCUT2D eigenvalue weighted by Gasteiger charge is -2.21. The highest BCUT2D eigenvalue weighted by Gasteiger charge is 2.20. The van der Waals surface area contributed by atoms with E-state index in [1.807, 2.05) is 54.2 Å². The fourth-order valence-corrected chi connectivity index (χ4v) is 5.80. The van der Waals surface area contributed by atoms with Crippen LogP contribution in [0.15, 0.2) is 42.5 Å². The van der Waals surface area contributed by atoms with Crippen LogP contribution in [0.4, 0.5) is 28.8 Å². The Balaban J connectivity index is 1.36. The maximum Gasteiger partial charge on any atom is 0.229 e. The molecule has 1 aromatic heterocycles. The van der Waals surface area contributed by atoms with Gasteiger partial charge in [-0.2, -0.15) is 16.7 Å². The number of benzene rings is 2. The molecule has 1 aliphatic carbocycles.